The predicted octanol–water partition coefficient (Wildman–Crippen LogP) is 4.55. The summed E-state index contributed by atoms with van der Waals surface area (Å²) in [6, 6.07) is 15.7. The maximum atomic E-state index is 8.78. The number of nitrogens with one attached hydrogen (secondary N) is 1. The van der Waals surface area contributed by atoms with Gasteiger partial charge in [-0.1, -0.05) is 17.7 Å². The minimum Gasteiger partial charge on any atom is -0.381 e. The second-order valence-electron chi connectivity index (χ2n) is 4.00. The topological polar surface area (TPSA) is 35.8 Å². The van der Waals surface area contributed by atoms with Gasteiger partial charge in [-0.3, -0.25) is 0 Å². The Balaban J connectivity index is 2.04. The third kappa shape index (κ3) is 3.66. The Morgan fingerprint density at radius 1 is 1.21 bits per heavy atom. The molecule has 2 aromatic rings. The van der Waals surface area contributed by atoms with Crippen molar-refractivity contribution in [2.24, 2.45) is 0 Å². The minimum atomic E-state index is 0.582. The Hall–Kier alpha value is -1.63. The lowest BCUT2D eigenvalue weighted by Crippen LogP contribution is -2.00. The number of halogens is 1. The zero-order valence-corrected chi connectivity index (χ0v) is 12.1. The molecule has 0 aliphatic carbocycles. The van der Waals surface area contributed by atoms with Crippen LogP contribution in [-0.2, 0) is 6.54 Å². The predicted molar refractivity (Wildman–Crippen MR) is 81.7 cm³/mol. The van der Waals surface area contributed by atoms with Crippen LogP contribution in [0.25, 0.3) is 0 Å². The summed E-state index contributed by atoms with van der Waals surface area (Å²) in [6.07, 6.45) is 2.05. The van der Waals surface area contributed by atoms with Gasteiger partial charge in [0.05, 0.1) is 11.6 Å². The molecule has 0 heterocycles. The van der Waals surface area contributed by atoms with Crippen LogP contribution in [-0.4, -0.2) is 6.26 Å². The van der Waals surface area contributed by atoms with Crippen LogP contribution >= 0.6 is 23.4 Å². The molecule has 0 saturated heterocycles. The Labute approximate surface area is 122 Å². The molecule has 0 bridgehead atoms. The molecule has 96 valence electrons. The summed E-state index contributed by atoms with van der Waals surface area (Å²) < 4.78 is 0. The van der Waals surface area contributed by atoms with Crippen LogP contribution in [0.2, 0.25) is 5.02 Å². The summed E-state index contributed by atoms with van der Waals surface area (Å²) in [4.78, 5) is 1.24. The molecule has 0 radical (unpaired) electrons. The van der Waals surface area contributed by atoms with Crippen LogP contribution in [0.1, 0.15) is 11.1 Å². The standard InChI is InChI=1S/C15H13ClN2S/c1-19-14-6-4-13(5-7-14)18-10-12-3-2-11(9-17)8-15(12)16/h2-8,18H,10H2,1H3. The summed E-state index contributed by atoms with van der Waals surface area (Å²) >= 11 is 7.85. The number of benzene rings is 2. The van der Waals surface area contributed by atoms with Gasteiger partial charge in [0.25, 0.3) is 0 Å². The van der Waals surface area contributed by atoms with Crippen LogP contribution in [0.5, 0.6) is 0 Å². The van der Waals surface area contributed by atoms with Crippen molar-refractivity contribution in [1.29, 1.82) is 5.26 Å². The molecule has 0 amide bonds. The molecule has 0 atom stereocenters. The third-order valence-electron chi connectivity index (χ3n) is 2.76. The quantitative estimate of drug-likeness (QED) is 0.839. The fourth-order valence-electron chi connectivity index (χ4n) is 1.67. The molecule has 1 N–H and O–H groups in total. The van der Waals surface area contributed by atoms with E-state index in [9.17, 15) is 0 Å². The molecule has 19 heavy (non-hydrogen) atoms. The minimum absolute atomic E-state index is 0.582. The molecule has 0 unspecified atom stereocenters. The largest absolute Gasteiger partial charge is 0.381 e. The van der Waals surface area contributed by atoms with Crippen LogP contribution in [0.4, 0.5) is 5.69 Å². The first-order chi connectivity index (χ1) is 9.22. The SMILES string of the molecule is CSc1ccc(NCc2ccc(C#N)cc2Cl)cc1. The maximum absolute atomic E-state index is 8.78. The van der Waals surface area contributed by atoms with Gasteiger partial charge in [-0.15, -0.1) is 11.8 Å². The average Bonchev–Trinajstić information content (AvgIpc) is 2.46. The highest BCUT2D eigenvalue weighted by molar-refractivity contribution is 7.98. The van der Waals surface area contributed by atoms with Gasteiger partial charge in [-0.2, -0.15) is 5.26 Å². The number of anilines is 1. The second kappa shape index (κ2) is 6.51. The molecule has 0 spiro atoms. The Morgan fingerprint density at radius 2 is 1.95 bits per heavy atom. The van der Waals surface area contributed by atoms with Crippen molar-refractivity contribution in [1.82, 2.24) is 0 Å². The average molecular weight is 289 g/mol. The van der Waals surface area contributed by atoms with Crippen molar-refractivity contribution < 1.29 is 0 Å². The first-order valence-electron chi connectivity index (χ1n) is 5.79. The summed E-state index contributed by atoms with van der Waals surface area (Å²) in [5.41, 5.74) is 2.62. The molecule has 2 aromatic carbocycles. The van der Waals surface area contributed by atoms with Crippen molar-refractivity contribution in [2.45, 2.75) is 11.4 Å². The third-order valence-corrected chi connectivity index (χ3v) is 3.85. The van der Waals surface area contributed by atoms with E-state index < -0.39 is 0 Å². The number of nitriles is 1. The molecule has 2 nitrogen and oxygen atoms in total. The maximum Gasteiger partial charge on any atom is 0.0992 e. The molecular formula is C15H13ClN2S. The number of hydrogen-bond acceptors (Lipinski definition) is 3. The smallest absolute Gasteiger partial charge is 0.0992 e. The van der Waals surface area contributed by atoms with E-state index >= 15 is 0 Å². The number of rotatable bonds is 4. The molecule has 2 rings (SSSR count). The Morgan fingerprint density at radius 3 is 2.53 bits per heavy atom. The van der Waals surface area contributed by atoms with Crippen molar-refractivity contribution in [3.8, 4) is 6.07 Å². The second-order valence-corrected chi connectivity index (χ2v) is 5.29. The molecule has 0 aliphatic rings. The Bertz CT molecular complexity index is 603. The number of thioether (sulfide) groups is 1. The first kappa shape index (κ1) is 13.8. The van der Waals surface area contributed by atoms with Crippen LogP contribution in [0, 0.1) is 11.3 Å². The number of hydrogen-bond donors (Lipinski definition) is 1. The monoisotopic (exact) mass is 288 g/mol. The van der Waals surface area contributed by atoms with Crippen LogP contribution in [0.15, 0.2) is 47.4 Å². The van der Waals surface area contributed by atoms with Gasteiger partial charge in [0.1, 0.15) is 0 Å². The zero-order chi connectivity index (χ0) is 13.7. The van der Waals surface area contributed by atoms with E-state index in [1.807, 2.05) is 18.2 Å². The van der Waals surface area contributed by atoms with Crippen LogP contribution in [0.3, 0.4) is 0 Å². The number of nitrogens with zero attached hydrogens (tertiary/aromatic N) is 1. The fourth-order valence-corrected chi connectivity index (χ4v) is 2.32. The van der Waals surface area contributed by atoms with E-state index in [1.165, 1.54) is 4.90 Å². The summed E-state index contributed by atoms with van der Waals surface area (Å²) in [5.74, 6) is 0. The van der Waals surface area contributed by atoms with Gasteiger partial charge in [0.15, 0.2) is 0 Å². The van der Waals surface area contributed by atoms with Gasteiger partial charge >= 0.3 is 0 Å². The summed E-state index contributed by atoms with van der Waals surface area (Å²) in [7, 11) is 0. The molecule has 0 aromatic heterocycles. The highest BCUT2D eigenvalue weighted by atomic mass is 35.5. The lowest BCUT2D eigenvalue weighted by atomic mass is 10.1. The molecule has 4 heteroatoms. The summed E-state index contributed by atoms with van der Waals surface area (Å²) in [6.45, 7) is 0.642. The first-order valence-corrected chi connectivity index (χ1v) is 7.39. The van der Waals surface area contributed by atoms with Gasteiger partial charge in [0.2, 0.25) is 0 Å². The molecule has 0 saturated carbocycles. The summed E-state index contributed by atoms with van der Waals surface area (Å²) in [5, 5.41) is 12.7. The molecule has 0 fully saturated rings. The lowest BCUT2D eigenvalue weighted by molar-refractivity contribution is 1.15. The van der Waals surface area contributed by atoms with Crippen LogP contribution < -0.4 is 5.32 Å². The Kier molecular flexibility index (Phi) is 4.73. The van der Waals surface area contributed by atoms with E-state index in [0.29, 0.717) is 17.1 Å². The zero-order valence-electron chi connectivity index (χ0n) is 10.5. The highest BCUT2D eigenvalue weighted by Gasteiger charge is 2.02. The van der Waals surface area contributed by atoms with E-state index in [2.05, 4.69) is 29.8 Å². The van der Waals surface area contributed by atoms with Crippen molar-refractivity contribution in [3.63, 3.8) is 0 Å². The van der Waals surface area contributed by atoms with Gasteiger partial charge in [0, 0.05) is 22.2 Å². The van der Waals surface area contributed by atoms with E-state index in [-0.39, 0.29) is 0 Å². The molecule has 0 aliphatic heterocycles. The van der Waals surface area contributed by atoms with E-state index in [1.54, 1.807) is 23.9 Å². The van der Waals surface area contributed by atoms with Crippen molar-refractivity contribution in [2.75, 3.05) is 11.6 Å². The van der Waals surface area contributed by atoms with Gasteiger partial charge < -0.3 is 5.32 Å². The fraction of sp³-hybridized carbons (Fsp3) is 0.133. The molecular weight excluding hydrogens is 276 g/mol. The van der Waals surface area contributed by atoms with E-state index in [0.717, 1.165) is 11.3 Å². The van der Waals surface area contributed by atoms with Crippen molar-refractivity contribution >= 4 is 29.1 Å². The lowest BCUT2D eigenvalue weighted by Gasteiger charge is -2.08. The highest BCUT2D eigenvalue weighted by Crippen LogP contribution is 2.21. The van der Waals surface area contributed by atoms with Crippen molar-refractivity contribution in [3.05, 3.63) is 58.6 Å². The normalized spacial score (nSPS) is 9.95. The van der Waals surface area contributed by atoms with E-state index in [4.69, 9.17) is 16.9 Å². The van der Waals surface area contributed by atoms with Gasteiger partial charge in [-0.05, 0) is 48.2 Å². The van der Waals surface area contributed by atoms with Gasteiger partial charge in [-0.25, -0.2) is 0 Å².